The molecule has 3 nitrogen and oxygen atoms in total. The molecule has 1 aliphatic rings. The SMILES string of the molecule is Cc1cccc(NC(=O)c2cc3c(s2)-c2ccccc2OC3)c1. The summed E-state index contributed by atoms with van der Waals surface area (Å²) in [5, 5.41) is 2.96. The maximum absolute atomic E-state index is 12.5. The lowest BCUT2D eigenvalue weighted by atomic mass is 10.1. The number of hydrogen-bond acceptors (Lipinski definition) is 3. The molecule has 114 valence electrons. The molecule has 2 heterocycles. The first-order valence-electron chi connectivity index (χ1n) is 7.43. The topological polar surface area (TPSA) is 38.3 Å². The lowest BCUT2D eigenvalue weighted by Crippen LogP contribution is -2.10. The summed E-state index contributed by atoms with van der Waals surface area (Å²) >= 11 is 1.52. The van der Waals surface area contributed by atoms with Gasteiger partial charge in [0.15, 0.2) is 0 Å². The van der Waals surface area contributed by atoms with Crippen molar-refractivity contribution in [3.8, 4) is 16.2 Å². The third-order valence-electron chi connectivity index (χ3n) is 3.82. The zero-order chi connectivity index (χ0) is 15.8. The zero-order valence-corrected chi connectivity index (χ0v) is 13.4. The van der Waals surface area contributed by atoms with Crippen molar-refractivity contribution in [2.45, 2.75) is 13.5 Å². The van der Waals surface area contributed by atoms with Gasteiger partial charge in [0.2, 0.25) is 0 Å². The van der Waals surface area contributed by atoms with Crippen molar-refractivity contribution in [2.75, 3.05) is 5.32 Å². The van der Waals surface area contributed by atoms with Crippen LogP contribution in [0.1, 0.15) is 20.8 Å². The van der Waals surface area contributed by atoms with Crippen molar-refractivity contribution in [1.82, 2.24) is 0 Å². The van der Waals surface area contributed by atoms with Gasteiger partial charge in [-0.15, -0.1) is 11.3 Å². The molecule has 0 atom stereocenters. The van der Waals surface area contributed by atoms with Gasteiger partial charge in [0, 0.05) is 21.7 Å². The van der Waals surface area contributed by atoms with Crippen LogP contribution in [0.25, 0.3) is 10.4 Å². The highest BCUT2D eigenvalue weighted by molar-refractivity contribution is 7.17. The van der Waals surface area contributed by atoms with Crippen LogP contribution in [0.4, 0.5) is 5.69 Å². The zero-order valence-electron chi connectivity index (χ0n) is 12.6. The summed E-state index contributed by atoms with van der Waals surface area (Å²) in [5.74, 6) is 0.806. The molecule has 23 heavy (non-hydrogen) atoms. The van der Waals surface area contributed by atoms with E-state index in [4.69, 9.17) is 4.74 Å². The van der Waals surface area contributed by atoms with Crippen LogP contribution in [0.5, 0.6) is 5.75 Å². The van der Waals surface area contributed by atoms with E-state index in [1.807, 2.05) is 61.5 Å². The molecule has 0 radical (unpaired) electrons. The second kappa shape index (κ2) is 5.56. The Morgan fingerprint density at radius 2 is 2.00 bits per heavy atom. The minimum absolute atomic E-state index is 0.0764. The number of para-hydroxylation sites is 1. The van der Waals surface area contributed by atoms with Crippen LogP contribution in [-0.2, 0) is 6.61 Å². The molecular formula is C19H15NO2S. The van der Waals surface area contributed by atoms with Crippen molar-refractivity contribution in [3.63, 3.8) is 0 Å². The Morgan fingerprint density at radius 3 is 2.87 bits per heavy atom. The molecule has 1 aliphatic heterocycles. The van der Waals surface area contributed by atoms with Gasteiger partial charge >= 0.3 is 0 Å². The number of fused-ring (bicyclic) bond motifs is 3. The molecule has 0 bridgehead atoms. The molecule has 4 heteroatoms. The molecule has 0 saturated heterocycles. The normalized spacial score (nSPS) is 12.0. The Kier molecular flexibility index (Phi) is 3.39. The molecule has 0 unspecified atom stereocenters. The average molecular weight is 321 g/mol. The van der Waals surface area contributed by atoms with Crippen LogP contribution in [-0.4, -0.2) is 5.91 Å². The highest BCUT2D eigenvalue weighted by Gasteiger charge is 2.22. The molecule has 0 spiro atoms. The standard InChI is InChI=1S/C19H15NO2S/c1-12-5-4-6-14(9-12)20-19(21)17-10-13-11-22-16-8-3-2-7-15(16)18(13)23-17/h2-10H,11H2,1H3,(H,20,21). The Balaban J connectivity index is 1.65. The monoisotopic (exact) mass is 321 g/mol. The number of thiophene rings is 1. The number of nitrogens with one attached hydrogen (secondary N) is 1. The van der Waals surface area contributed by atoms with E-state index < -0.39 is 0 Å². The molecule has 0 saturated carbocycles. The number of amides is 1. The second-order valence-electron chi connectivity index (χ2n) is 5.57. The van der Waals surface area contributed by atoms with Gasteiger partial charge < -0.3 is 10.1 Å². The van der Waals surface area contributed by atoms with E-state index >= 15 is 0 Å². The van der Waals surface area contributed by atoms with Crippen molar-refractivity contribution >= 4 is 22.9 Å². The summed E-state index contributed by atoms with van der Waals surface area (Å²) in [5.41, 5.74) is 4.07. The number of benzene rings is 2. The minimum Gasteiger partial charge on any atom is -0.488 e. The number of carbonyl (C=O) groups is 1. The lowest BCUT2D eigenvalue weighted by Gasteiger charge is -2.16. The summed E-state index contributed by atoms with van der Waals surface area (Å²) in [7, 11) is 0. The highest BCUT2D eigenvalue weighted by atomic mass is 32.1. The Hall–Kier alpha value is -2.59. The molecule has 0 fully saturated rings. The van der Waals surface area contributed by atoms with E-state index in [0.29, 0.717) is 11.5 Å². The Labute approximate surface area is 138 Å². The van der Waals surface area contributed by atoms with Crippen LogP contribution >= 0.6 is 11.3 Å². The van der Waals surface area contributed by atoms with E-state index in [1.54, 1.807) is 0 Å². The third kappa shape index (κ3) is 2.62. The number of hydrogen-bond donors (Lipinski definition) is 1. The van der Waals surface area contributed by atoms with E-state index in [2.05, 4.69) is 5.32 Å². The molecular weight excluding hydrogens is 306 g/mol. The van der Waals surface area contributed by atoms with Crippen molar-refractivity contribution in [2.24, 2.45) is 0 Å². The number of anilines is 1. The predicted octanol–water partition coefficient (Wildman–Crippen LogP) is 4.87. The molecule has 2 aromatic carbocycles. The molecule has 1 amide bonds. The molecule has 1 N–H and O–H groups in total. The summed E-state index contributed by atoms with van der Waals surface area (Å²) < 4.78 is 5.75. The van der Waals surface area contributed by atoms with Crippen LogP contribution in [0.15, 0.2) is 54.6 Å². The van der Waals surface area contributed by atoms with E-state index in [9.17, 15) is 4.79 Å². The number of ether oxygens (including phenoxy) is 1. The Morgan fingerprint density at radius 1 is 1.13 bits per heavy atom. The van der Waals surface area contributed by atoms with Crippen molar-refractivity contribution < 1.29 is 9.53 Å². The Bertz CT molecular complexity index is 898. The summed E-state index contributed by atoms with van der Waals surface area (Å²) in [6.45, 7) is 2.52. The maximum atomic E-state index is 12.5. The quantitative estimate of drug-likeness (QED) is 0.731. The van der Waals surface area contributed by atoms with Crippen molar-refractivity contribution in [3.05, 3.63) is 70.6 Å². The first-order chi connectivity index (χ1) is 11.2. The van der Waals surface area contributed by atoms with Crippen LogP contribution < -0.4 is 10.1 Å². The summed E-state index contributed by atoms with van der Waals surface area (Å²) in [4.78, 5) is 14.3. The van der Waals surface area contributed by atoms with Gasteiger partial charge in [-0.3, -0.25) is 4.79 Å². The fourth-order valence-electron chi connectivity index (χ4n) is 2.73. The van der Waals surface area contributed by atoms with Gasteiger partial charge in [-0.2, -0.15) is 0 Å². The largest absolute Gasteiger partial charge is 0.488 e. The maximum Gasteiger partial charge on any atom is 0.265 e. The van der Waals surface area contributed by atoms with E-state index in [-0.39, 0.29) is 5.91 Å². The number of rotatable bonds is 2. The van der Waals surface area contributed by atoms with Gasteiger partial charge in [-0.25, -0.2) is 0 Å². The van der Waals surface area contributed by atoms with Gasteiger partial charge in [0.05, 0.1) is 4.88 Å². The first kappa shape index (κ1) is 14.0. The second-order valence-corrected chi connectivity index (χ2v) is 6.63. The molecule has 3 aromatic rings. The van der Waals surface area contributed by atoms with Gasteiger partial charge in [-0.1, -0.05) is 24.3 Å². The molecule has 4 rings (SSSR count). The minimum atomic E-state index is -0.0764. The lowest BCUT2D eigenvalue weighted by molar-refractivity contribution is 0.103. The van der Waals surface area contributed by atoms with Crippen LogP contribution in [0, 0.1) is 6.92 Å². The highest BCUT2D eigenvalue weighted by Crippen LogP contribution is 2.42. The van der Waals surface area contributed by atoms with Gasteiger partial charge in [0.25, 0.3) is 5.91 Å². The van der Waals surface area contributed by atoms with Crippen LogP contribution in [0.3, 0.4) is 0 Å². The first-order valence-corrected chi connectivity index (χ1v) is 8.25. The number of carbonyl (C=O) groups excluding carboxylic acids is 1. The smallest absolute Gasteiger partial charge is 0.265 e. The predicted molar refractivity (Wildman–Crippen MR) is 93.2 cm³/mol. The van der Waals surface area contributed by atoms with E-state index in [1.165, 1.54) is 11.3 Å². The van der Waals surface area contributed by atoms with Gasteiger partial charge in [0.1, 0.15) is 12.4 Å². The van der Waals surface area contributed by atoms with Crippen molar-refractivity contribution in [1.29, 1.82) is 0 Å². The fraction of sp³-hybridized carbons (Fsp3) is 0.105. The van der Waals surface area contributed by atoms with Crippen LogP contribution in [0.2, 0.25) is 0 Å². The fourth-order valence-corrected chi connectivity index (χ4v) is 3.82. The molecule has 1 aromatic heterocycles. The number of aryl methyl sites for hydroxylation is 1. The third-order valence-corrected chi connectivity index (χ3v) is 5.03. The molecule has 0 aliphatic carbocycles. The summed E-state index contributed by atoms with van der Waals surface area (Å²) in [6, 6.07) is 17.7. The average Bonchev–Trinajstić information content (AvgIpc) is 3.00. The summed E-state index contributed by atoms with van der Waals surface area (Å²) in [6.07, 6.45) is 0. The van der Waals surface area contributed by atoms with Gasteiger partial charge in [-0.05, 0) is 42.8 Å². The van der Waals surface area contributed by atoms with E-state index in [0.717, 1.165) is 33.0 Å².